The summed E-state index contributed by atoms with van der Waals surface area (Å²) < 4.78 is 5.58. The third kappa shape index (κ3) is 3.24. The first-order valence-electron chi connectivity index (χ1n) is 8.87. The average molecular weight is 341 g/mol. The van der Waals surface area contributed by atoms with E-state index in [0.29, 0.717) is 18.2 Å². The molecule has 1 aromatic heterocycles. The van der Waals surface area contributed by atoms with E-state index in [2.05, 4.69) is 45.6 Å². The van der Waals surface area contributed by atoms with Crippen molar-refractivity contribution >= 4 is 6.03 Å². The first-order chi connectivity index (χ1) is 12.2. The summed E-state index contributed by atoms with van der Waals surface area (Å²) >= 11 is 0. The molecule has 2 aromatic rings. The lowest BCUT2D eigenvalue weighted by atomic mass is 9.94. The Balaban J connectivity index is 1.36. The van der Waals surface area contributed by atoms with Gasteiger partial charge in [0.15, 0.2) is 5.82 Å². The van der Waals surface area contributed by atoms with Gasteiger partial charge in [0.2, 0.25) is 0 Å². The van der Waals surface area contributed by atoms with E-state index >= 15 is 0 Å². The molecule has 0 bridgehead atoms. The monoisotopic (exact) mass is 341 g/mol. The first-order valence-corrected chi connectivity index (χ1v) is 8.87. The van der Waals surface area contributed by atoms with E-state index in [4.69, 9.17) is 4.74 Å². The van der Waals surface area contributed by atoms with Gasteiger partial charge in [-0.05, 0) is 37.3 Å². The minimum Gasteiger partial charge on any atom is -0.370 e. The molecule has 2 aliphatic rings. The number of hydrogen-bond donors (Lipinski definition) is 2. The lowest BCUT2D eigenvalue weighted by Gasteiger charge is -2.35. The van der Waals surface area contributed by atoms with Crippen molar-refractivity contribution in [2.75, 3.05) is 13.2 Å². The molecule has 1 saturated heterocycles. The van der Waals surface area contributed by atoms with Gasteiger partial charge in [-0.1, -0.05) is 24.3 Å². The average Bonchev–Trinajstić information content (AvgIpc) is 3.31. The summed E-state index contributed by atoms with van der Waals surface area (Å²) in [6.45, 7) is 3.89. The fourth-order valence-corrected chi connectivity index (χ4v) is 3.62. The number of hydrogen-bond acceptors (Lipinski definition) is 4. The predicted octanol–water partition coefficient (Wildman–Crippen LogP) is 2.49. The van der Waals surface area contributed by atoms with Gasteiger partial charge in [0.05, 0.1) is 12.6 Å². The van der Waals surface area contributed by atoms with Gasteiger partial charge in [0, 0.05) is 13.2 Å². The molecule has 2 N–H and O–H groups in total. The largest absolute Gasteiger partial charge is 0.370 e. The molecule has 0 radical (unpaired) electrons. The van der Waals surface area contributed by atoms with Gasteiger partial charge in [-0.15, -0.1) is 0 Å². The van der Waals surface area contributed by atoms with Crippen LogP contribution in [-0.2, 0) is 17.7 Å². The van der Waals surface area contributed by atoms with Crippen LogP contribution in [0.15, 0.2) is 24.3 Å². The Morgan fingerprint density at radius 1 is 1.44 bits per heavy atom. The molecule has 4 rings (SSSR count). The number of nitrogens with zero attached hydrogens (tertiary/aromatic N) is 3. The summed E-state index contributed by atoms with van der Waals surface area (Å²) in [5, 5.41) is 10.0. The second kappa shape index (κ2) is 6.84. The summed E-state index contributed by atoms with van der Waals surface area (Å²) in [6.07, 6.45) is 2.87. The molecule has 25 heavy (non-hydrogen) atoms. The van der Waals surface area contributed by atoms with Gasteiger partial charge in [-0.2, -0.15) is 5.10 Å². The number of rotatable bonds is 3. The molecule has 0 saturated carbocycles. The molecule has 1 fully saturated rings. The number of H-pyrrole nitrogens is 1. The second-order valence-corrected chi connectivity index (χ2v) is 6.62. The Labute approximate surface area is 146 Å². The standard InChI is InChI=1S/C18H23N5O2/c1-12-14-6-3-2-5-13(14)8-9-23(12)18(24)19-11-16-20-17(22-21-16)15-7-4-10-25-15/h2-3,5-6,12,15H,4,7-11H2,1H3,(H,19,24)(H,20,21,22). The van der Waals surface area contributed by atoms with E-state index in [1.165, 1.54) is 11.1 Å². The third-order valence-corrected chi connectivity index (χ3v) is 5.03. The van der Waals surface area contributed by atoms with Crippen LogP contribution >= 0.6 is 0 Å². The molecular formula is C18H23N5O2. The molecule has 3 heterocycles. The van der Waals surface area contributed by atoms with Crippen LogP contribution < -0.4 is 5.32 Å². The summed E-state index contributed by atoms with van der Waals surface area (Å²) in [5.74, 6) is 1.34. The van der Waals surface area contributed by atoms with Gasteiger partial charge in [0.1, 0.15) is 11.9 Å². The van der Waals surface area contributed by atoms with E-state index in [9.17, 15) is 4.79 Å². The maximum Gasteiger partial charge on any atom is 0.318 e. The molecule has 0 spiro atoms. The molecular weight excluding hydrogens is 318 g/mol. The number of carbonyl (C=O) groups excluding carboxylic acids is 1. The first kappa shape index (κ1) is 16.1. The molecule has 132 valence electrons. The van der Waals surface area contributed by atoms with Crippen molar-refractivity contribution in [2.45, 2.75) is 44.9 Å². The lowest BCUT2D eigenvalue weighted by Crippen LogP contribution is -2.44. The zero-order valence-electron chi connectivity index (χ0n) is 14.4. The van der Waals surface area contributed by atoms with E-state index in [1.807, 2.05) is 11.0 Å². The van der Waals surface area contributed by atoms with Gasteiger partial charge in [0.25, 0.3) is 0 Å². The van der Waals surface area contributed by atoms with Crippen LogP contribution in [0.4, 0.5) is 4.79 Å². The Kier molecular flexibility index (Phi) is 4.40. The number of nitrogens with one attached hydrogen (secondary N) is 2. The number of amides is 2. The van der Waals surface area contributed by atoms with Crippen LogP contribution in [-0.4, -0.2) is 39.3 Å². The van der Waals surface area contributed by atoms with E-state index in [-0.39, 0.29) is 18.2 Å². The van der Waals surface area contributed by atoms with Crippen LogP contribution in [0.3, 0.4) is 0 Å². The number of carbonyl (C=O) groups is 1. The zero-order valence-corrected chi connectivity index (χ0v) is 14.4. The number of aromatic nitrogens is 3. The smallest absolute Gasteiger partial charge is 0.318 e. The molecule has 2 amide bonds. The SMILES string of the molecule is CC1c2ccccc2CCN1C(=O)NCc1nc(C2CCCO2)n[nH]1. The Bertz CT molecular complexity index is 753. The fourth-order valence-electron chi connectivity index (χ4n) is 3.62. The minimum atomic E-state index is -0.0722. The topological polar surface area (TPSA) is 83.1 Å². The number of ether oxygens (including phenoxy) is 1. The summed E-state index contributed by atoms with van der Waals surface area (Å²) in [6, 6.07) is 8.32. The zero-order chi connectivity index (χ0) is 17.2. The minimum absolute atomic E-state index is 0.0145. The highest BCUT2D eigenvalue weighted by Crippen LogP contribution is 2.29. The van der Waals surface area contributed by atoms with Crippen LogP contribution in [0.1, 0.15) is 54.7 Å². The second-order valence-electron chi connectivity index (χ2n) is 6.62. The van der Waals surface area contributed by atoms with Gasteiger partial charge in [-0.3, -0.25) is 5.10 Å². The predicted molar refractivity (Wildman–Crippen MR) is 91.8 cm³/mol. The fraction of sp³-hybridized carbons (Fsp3) is 0.500. The van der Waals surface area contributed by atoms with Crippen LogP contribution in [0.25, 0.3) is 0 Å². The molecule has 2 aliphatic heterocycles. The van der Waals surface area contributed by atoms with Crippen molar-refractivity contribution in [3.8, 4) is 0 Å². The normalized spacial score (nSPS) is 22.7. The quantitative estimate of drug-likeness (QED) is 0.898. The molecule has 7 heteroatoms. The van der Waals surface area contributed by atoms with Crippen molar-refractivity contribution in [2.24, 2.45) is 0 Å². The molecule has 1 aromatic carbocycles. The van der Waals surface area contributed by atoms with E-state index in [1.54, 1.807) is 0 Å². The molecule has 2 atom stereocenters. The van der Waals surface area contributed by atoms with Crippen molar-refractivity contribution in [1.82, 2.24) is 25.4 Å². The van der Waals surface area contributed by atoms with Gasteiger partial charge < -0.3 is 15.0 Å². The maximum atomic E-state index is 12.6. The number of aromatic amines is 1. The highest BCUT2D eigenvalue weighted by Gasteiger charge is 2.27. The third-order valence-electron chi connectivity index (χ3n) is 5.03. The summed E-state index contributed by atoms with van der Waals surface area (Å²) in [5.41, 5.74) is 2.56. The van der Waals surface area contributed by atoms with Crippen molar-refractivity contribution in [3.05, 3.63) is 47.0 Å². The Morgan fingerprint density at radius 2 is 2.32 bits per heavy atom. The van der Waals surface area contributed by atoms with Crippen LogP contribution in [0.5, 0.6) is 0 Å². The summed E-state index contributed by atoms with van der Waals surface area (Å²) in [7, 11) is 0. The van der Waals surface area contributed by atoms with Crippen molar-refractivity contribution in [1.29, 1.82) is 0 Å². The maximum absolute atomic E-state index is 12.6. The highest BCUT2D eigenvalue weighted by molar-refractivity contribution is 5.75. The van der Waals surface area contributed by atoms with E-state index in [0.717, 1.165) is 32.4 Å². The van der Waals surface area contributed by atoms with Crippen molar-refractivity contribution < 1.29 is 9.53 Å². The van der Waals surface area contributed by atoms with Gasteiger partial charge in [-0.25, -0.2) is 9.78 Å². The molecule has 0 aliphatic carbocycles. The highest BCUT2D eigenvalue weighted by atomic mass is 16.5. The molecule has 2 unspecified atom stereocenters. The van der Waals surface area contributed by atoms with Crippen molar-refractivity contribution in [3.63, 3.8) is 0 Å². The molecule has 7 nitrogen and oxygen atoms in total. The summed E-state index contributed by atoms with van der Waals surface area (Å²) in [4.78, 5) is 18.9. The number of fused-ring (bicyclic) bond motifs is 1. The Morgan fingerprint density at radius 3 is 3.16 bits per heavy atom. The van der Waals surface area contributed by atoms with Crippen LogP contribution in [0, 0.1) is 0 Å². The number of benzene rings is 1. The van der Waals surface area contributed by atoms with Gasteiger partial charge >= 0.3 is 6.03 Å². The Hall–Kier alpha value is -2.41. The van der Waals surface area contributed by atoms with E-state index < -0.39 is 0 Å². The lowest BCUT2D eigenvalue weighted by molar-refractivity contribution is 0.105. The number of urea groups is 1. The van der Waals surface area contributed by atoms with Crippen LogP contribution in [0.2, 0.25) is 0 Å².